The van der Waals surface area contributed by atoms with Crippen LogP contribution in [-0.4, -0.2) is 16.6 Å². The number of carbonyl (C=O) groups is 1. The first kappa shape index (κ1) is 7.35. The fourth-order valence-electron chi connectivity index (χ4n) is 0.727. The van der Waals surface area contributed by atoms with Crippen LogP contribution in [0.4, 0.5) is 0 Å². The van der Waals surface area contributed by atoms with Crippen LogP contribution in [0.1, 0.15) is 16.8 Å². The van der Waals surface area contributed by atoms with Crippen LogP contribution in [0.3, 0.4) is 0 Å². The van der Waals surface area contributed by atoms with Gasteiger partial charge in [-0.25, -0.2) is 0 Å². The van der Waals surface area contributed by atoms with Crippen molar-refractivity contribution in [2.45, 2.75) is 6.42 Å². The van der Waals surface area contributed by atoms with Crippen LogP contribution in [0, 0.1) is 0 Å². The van der Waals surface area contributed by atoms with Crippen molar-refractivity contribution < 1.29 is 4.79 Å². The van der Waals surface area contributed by atoms with E-state index in [0.29, 0.717) is 17.9 Å². The Morgan fingerprint density at radius 1 is 1.70 bits per heavy atom. The molecule has 3 heteroatoms. The van der Waals surface area contributed by atoms with Gasteiger partial charge in [0, 0.05) is 30.3 Å². The largest absolute Gasteiger partial charge is 0.367 e. The van der Waals surface area contributed by atoms with Gasteiger partial charge in [-0.2, -0.15) is 0 Å². The lowest BCUT2D eigenvalue weighted by Crippen LogP contribution is -1.96. The highest BCUT2D eigenvalue weighted by Gasteiger charge is 2.02. The van der Waals surface area contributed by atoms with Crippen molar-refractivity contribution in [2.24, 2.45) is 0 Å². The van der Waals surface area contributed by atoms with Gasteiger partial charge in [-0.15, -0.1) is 11.6 Å². The Hall–Kier alpha value is -0.760. The molecule has 0 saturated carbocycles. The summed E-state index contributed by atoms with van der Waals surface area (Å²) in [7, 11) is 0. The average Bonchev–Trinajstić information content (AvgIpc) is 2.38. The number of H-pyrrole nitrogens is 1. The molecule has 0 aliphatic carbocycles. The lowest BCUT2D eigenvalue weighted by Gasteiger charge is -1.89. The van der Waals surface area contributed by atoms with E-state index >= 15 is 0 Å². The maximum atomic E-state index is 11.0. The minimum atomic E-state index is 0.0938. The Morgan fingerprint density at radius 3 is 3.00 bits per heavy atom. The molecule has 0 radical (unpaired) electrons. The number of rotatable bonds is 3. The average molecular weight is 158 g/mol. The van der Waals surface area contributed by atoms with Crippen LogP contribution in [0.2, 0.25) is 0 Å². The van der Waals surface area contributed by atoms with E-state index in [0.717, 1.165) is 0 Å². The van der Waals surface area contributed by atoms with Crippen LogP contribution < -0.4 is 0 Å². The smallest absolute Gasteiger partial charge is 0.165 e. The Labute approximate surface area is 64.2 Å². The second kappa shape index (κ2) is 3.42. The lowest BCUT2D eigenvalue weighted by atomic mass is 10.2. The minimum absolute atomic E-state index is 0.0938. The molecule has 2 nitrogen and oxygen atoms in total. The van der Waals surface area contributed by atoms with Gasteiger partial charge in [-0.05, 0) is 6.07 Å². The summed E-state index contributed by atoms with van der Waals surface area (Å²) in [5.41, 5.74) is 0.709. The minimum Gasteiger partial charge on any atom is -0.367 e. The third kappa shape index (κ3) is 1.61. The summed E-state index contributed by atoms with van der Waals surface area (Å²) >= 11 is 5.38. The van der Waals surface area contributed by atoms with Crippen molar-refractivity contribution in [3.05, 3.63) is 24.0 Å². The summed E-state index contributed by atoms with van der Waals surface area (Å²) in [5.74, 6) is 0.487. The highest BCUT2D eigenvalue weighted by atomic mass is 35.5. The van der Waals surface area contributed by atoms with Crippen LogP contribution in [-0.2, 0) is 0 Å². The zero-order chi connectivity index (χ0) is 7.40. The van der Waals surface area contributed by atoms with Gasteiger partial charge < -0.3 is 4.98 Å². The molecule has 0 atom stereocenters. The highest BCUT2D eigenvalue weighted by molar-refractivity contribution is 6.19. The number of carbonyl (C=O) groups excluding carboxylic acids is 1. The van der Waals surface area contributed by atoms with Crippen LogP contribution in [0.15, 0.2) is 18.5 Å². The van der Waals surface area contributed by atoms with Gasteiger partial charge in [0.05, 0.1) is 0 Å². The van der Waals surface area contributed by atoms with E-state index < -0.39 is 0 Å². The molecular formula is C7H8ClNO. The van der Waals surface area contributed by atoms with Crippen molar-refractivity contribution in [3.63, 3.8) is 0 Å². The molecule has 10 heavy (non-hydrogen) atoms. The molecule has 0 aliphatic rings. The molecule has 0 amide bonds. The first-order chi connectivity index (χ1) is 4.84. The predicted octanol–water partition coefficient (Wildman–Crippen LogP) is 1.83. The molecule has 1 heterocycles. The first-order valence-electron chi connectivity index (χ1n) is 3.06. The molecule has 0 unspecified atom stereocenters. The van der Waals surface area contributed by atoms with E-state index in [-0.39, 0.29) is 5.78 Å². The monoisotopic (exact) mass is 157 g/mol. The molecule has 0 saturated heterocycles. The normalized spacial score (nSPS) is 9.70. The van der Waals surface area contributed by atoms with Gasteiger partial charge in [0.2, 0.25) is 0 Å². The van der Waals surface area contributed by atoms with Gasteiger partial charge in [0.1, 0.15) is 0 Å². The molecule has 0 bridgehead atoms. The summed E-state index contributed by atoms with van der Waals surface area (Å²) in [5, 5.41) is 0. The van der Waals surface area contributed by atoms with Crippen molar-refractivity contribution in [2.75, 3.05) is 5.88 Å². The van der Waals surface area contributed by atoms with Gasteiger partial charge in [0.25, 0.3) is 0 Å². The SMILES string of the molecule is O=C(CCCl)c1cc[nH]c1. The van der Waals surface area contributed by atoms with Gasteiger partial charge in [-0.3, -0.25) is 4.79 Å². The van der Waals surface area contributed by atoms with Crippen LogP contribution >= 0.6 is 11.6 Å². The van der Waals surface area contributed by atoms with Crippen LogP contribution in [0.5, 0.6) is 0 Å². The molecule has 1 aromatic heterocycles. The van der Waals surface area contributed by atoms with E-state index in [2.05, 4.69) is 4.98 Å². The predicted molar refractivity (Wildman–Crippen MR) is 40.5 cm³/mol. The van der Waals surface area contributed by atoms with E-state index in [1.807, 2.05) is 0 Å². The Balaban J connectivity index is 2.59. The topological polar surface area (TPSA) is 32.9 Å². The van der Waals surface area contributed by atoms with Gasteiger partial charge in [-0.1, -0.05) is 0 Å². The fraction of sp³-hybridized carbons (Fsp3) is 0.286. The zero-order valence-electron chi connectivity index (χ0n) is 5.43. The third-order valence-corrected chi connectivity index (χ3v) is 1.43. The highest BCUT2D eigenvalue weighted by Crippen LogP contribution is 2.01. The third-order valence-electron chi connectivity index (χ3n) is 1.24. The molecule has 0 aliphatic heterocycles. The van der Waals surface area contributed by atoms with Gasteiger partial charge >= 0.3 is 0 Å². The summed E-state index contributed by atoms with van der Waals surface area (Å²) in [4.78, 5) is 13.8. The number of nitrogens with one attached hydrogen (secondary N) is 1. The molecule has 1 rings (SSSR count). The van der Waals surface area contributed by atoms with Gasteiger partial charge in [0.15, 0.2) is 5.78 Å². The maximum absolute atomic E-state index is 11.0. The molecule has 0 aromatic carbocycles. The number of alkyl halides is 1. The van der Waals surface area contributed by atoms with E-state index in [1.54, 1.807) is 18.5 Å². The summed E-state index contributed by atoms with van der Waals surface area (Å²) in [6, 6.07) is 1.74. The Bertz CT molecular complexity index is 205. The molecule has 0 fully saturated rings. The number of halogens is 1. The number of aromatic nitrogens is 1. The van der Waals surface area contributed by atoms with Crippen molar-refractivity contribution in [3.8, 4) is 0 Å². The summed E-state index contributed by atoms with van der Waals surface area (Å²) in [6.45, 7) is 0. The molecular weight excluding hydrogens is 150 g/mol. The molecule has 1 N–H and O–H groups in total. The van der Waals surface area contributed by atoms with E-state index in [1.165, 1.54) is 0 Å². The van der Waals surface area contributed by atoms with E-state index in [9.17, 15) is 4.79 Å². The standard InChI is InChI=1S/C7H8ClNO/c8-3-1-7(10)6-2-4-9-5-6/h2,4-5,9H,1,3H2. The van der Waals surface area contributed by atoms with Crippen molar-refractivity contribution >= 4 is 17.4 Å². The first-order valence-corrected chi connectivity index (χ1v) is 3.60. The Kier molecular flexibility index (Phi) is 2.51. The number of hydrogen-bond acceptors (Lipinski definition) is 1. The number of aromatic amines is 1. The lowest BCUT2D eigenvalue weighted by molar-refractivity contribution is 0.0989. The quantitative estimate of drug-likeness (QED) is 0.527. The Morgan fingerprint density at radius 2 is 2.50 bits per heavy atom. The number of hydrogen-bond donors (Lipinski definition) is 1. The van der Waals surface area contributed by atoms with Crippen LogP contribution in [0.25, 0.3) is 0 Å². The van der Waals surface area contributed by atoms with Crippen molar-refractivity contribution in [1.29, 1.82) is 0 Å². The zero-order valence-corrected chi connectivity index (χ0v) is 6.19. The fourth-order valence-corrected chi connectivity index (χ4v) is 0.899. The maximum Gasteiger partial charge on any atom is 0.165 e. The summed E-state index contributed by atoms with van der Waals surface area (Å²) < 4.78 is 0. The second-order valence-corrected chi connectivity index (χ2v) is 2.34. The number of Topliss-reactive ketones (excluding diaryl/α,β-unsaturated/α-hetero) is 1. The molecule has 0 spiro atoms. The van der Waals surface area contributed by atoms with E-state index in [4.69, 9.17) is 11.6 Å². The molecule has 1 aromatic rings. The summed E-state index contributed by atoms with van der Waals surface area (Å²) in [6.07, 6.45) is 3.82. The molecule has 54 valence electrons. The van der Waals surface area contributed by atoms with Crippen molar-refractivity contribution in [1.82, 2.24) is 4.98 Å². The number of ketones is 1. The second-order valence-electron chi connectivity index (χ2n) is 1.96.